The van der Waals surface area contributed by atoms with Crippen LogP contribution in [0.5, 0.6) is 0 Å². The predicted octanol–water partition coefficient (Wildman–Crippen LogP) is 2.21. The first-order valence-corrected chi connectivity index (χ1v) is 7.74. The van der Waals surface area contributed by atoms with Gasteiger partial charge in [-0.3, -0.25) is 0 Å². The number of nitrogens with zero attached hydrogens (tertiary/aromatic N) is 1. The highest BCUT2D eigenvalue weighted by Gasteiger charge is 2.22. The van der Waals surface area contributed by atoms with Crippen molar-refractivity contribution in [1.29, 1.82) is 0 Å². The summed E-state index contributed by atoms with van der Waals surface area (Å²) < 4.78 is 31.2. The average molecular weight is 315 g/mol. The summed E-state index contributed by atoms with van der Waals surface area (Å²) in [6, 6.07) is 7.97. The Kier molecular flexibility index (Phi) is 4.49. The van der Waals surface area contributed by atoms with E-state index in [0.29, 0.717) is 16.3 Å². The molecule has 0 aliphatic rings. The molecule has 0 saturated heterocycles. The molecule has 5 nitrogen and oxygen atoms in total. The van der Waals surface area contributed by atoms with Gasteiger partial charge in [0.25, 0.3) is 0 Å². The topological polar surface area (TPSA) is 76.5 Å². The van der Waals surface area contributed by atoms with Gasteiger partial charge in [0.1, 0.15) is 5.76 Å². The molecule has 20 heavy (non-hydrogen) atoms. The Morgan fingerprint density at radius 2 is 2.10 bits per heavy atom. The highest BCUT2D eigenvalue weighted by Crippen LogP contribution is 2.23. The largest absolute Gasteiger partial charge is 0.468 e. The van der Waals surface area contributed by atoms with E-state index in [1.165, 1.54) is 29.7 Å². The molecule has 1 aromatic heterocycles. The van der Waals surface area contributed by atoms with Crippen LogP contribution in [0.25, 0.3) is 0 Å². The van der Waals surface area contributed by atoms with Crippen LogP contribution in [0.3, 0.4) is 0 Å². The minimum atomic E-state index is -3.61. The Morgan fingerprint density at radius 3 is 2.65 bits per heavy atom. The molecule has 0 aliphatic carbocycles. The molecule has 0 radical (unpaired) electrons. The van der Waals surface area contributed by atoms with Crippen LogP contribution in [0, 0.1) is 0 Å². The minimum absolute atomic E-state index is 0.133. The molecule has 1 heterocycles. The van der Waals surface area contributed by atoms with Gasteiger partial charge in [0.05, 0.1) is 17.7 Å². The van der Waals surface area contributed by atoms with Crippen LogP contribution in [0.15, 0.2) is 45.9 Å². The Morgan fingerprint density at radius 1 is 1.35 bits per heavy atom. The summed E-state index contributed by atoms with van der Waals surface area (Å²) in [6.07, 6.45) is 1.50. The van der Waals surface area contributed by atoms with E-state index in [4.69, 9.17) is 21.8 Å². The van der Waals surface area contributed by atoms with Crippen molar-refractivity contribution in [3.05, 3.63) is 52.9 Å². The molecular weight excluding hydrogens is 300 g/mol. The fourth-order valence-electron chi connectivity index (χ4n) is 1.74. The Bertz CT molecular complexity index is 684. The zero-order valence-corrected chi connectivity index (χ0v) is 12.5. The third kappa shape index (κ3) is 3.04. The first-order chi connectivity index (χ1) is 9.45. The summed E-state index contributed by atoms with van der Waals surface area (Å²) in [5.41, 5.74) is 6.21. The molecule has 0 unspecified atom stereocenters. The lowest BCUT2D eigenvalue weighted by atomic mass is 10.2. The molecule has 0 spiro atoms. The molecule has 1 aromatic carbocycles. The Hall–Kier alpha value is -1.34. The van der Waals surface area contributed by atoms with E-state index in [1.807, 2.05) is 0 Å². The lowest BCUT2D eigenvalue weighted by Crippen LogP contribution is -2.26. The second kappa shape index (κ2) is 5.97. The lowest BCUT2D eigenvalue weighted by molar-refractivity contribution is 0.406. The predicted molar refractivity (Wildman–Crippen MR) is 76.7 cm³/mol. The normalized spacial score (nSPS) is 12.0. The average Bonchev–Trinajstić information content (AvgIpc) is 2.91. The van der Waals surface area contributed by atoms with Gasteiger partial charge in [-0.25, -0.2) is 8.42 Å². The first kappa shape index (κ1) is 15.1. The van der Waals surface area contributed by atoms with Gasteiger partial charge >= 0.3 is 0 Å². The molecule has 0 fully saturated rings. The standard InChI is InChI=1S/C13H15ClN2O3S/c1-16(9-11-3-2-6-19-11)20(17,18)12-5-4-10(8-15)13(14)7-12/h2-7H,8-9,15H2,1H3. The molecule has 2 aromatic rings. The highest BCUT2D eigenvalue weighted by molar-refractivity contribution is 7.89. The fraction of sp³-hybridized carbons (Fsp3) is 0.231. The number of sulfonamides is 1. The Labute approximate surface area is 123 Å². The summed E-state index contributed by atoms with van der Waals surface area (Å²) in [4.78, 5) is 0.133. The first-order valence-electron chi connectivity index (χ1n) is 5.92. The molecule has 0 bridgehead atoms. The van der Waals surface area contributed by atoms with Crippen molar-refractivity contribution in [1.82, 2.24) is 4.31 Å². The molecular formula is C13H15ClN2O3S. The molecule has 2 rings (SSSR count). The van der Waals surface area contributed by atoms with Gasteiger partial charge in [0.15, 0.2) is 0 Å². The monoisotopic (exact) mass is 314 g/mol. The van der Waals surface area contributed by atoms with Gasteiger partial charge in [-0.1, -0.05) is 17.7 Å². The van der Waals surface area contributed by atoms with Crippen molar-refractivity contribution < 1.29 is 12.8 Å². The van der Waals surface area contributed by atoms with E-state index in [0.717, 1.165) is 0 Å². The summed E-state index contributed by atoms with van der Waals surface area (Å²) in [6.45, 7) is 0.424. The quantitative estimate of drug-likeness (QED) is 0.918. The lowest BCUT2D eigenvalue weighted by Gasteiger charge is -2.16. The third-order valence-corrected chi connectivity index (χ3v) is 5.06. The van der Waals surface area contributed by atoms with E-state index in [-0.39, 0.29) is 18.0 Å². The summed E-state index contributed by atoms with van der Waals surface area (Å²) in [5.74, 6) is 0.570. The van der Waals surface area contributed by atoms with Crippen LogP contribution in [0.4, 0.5) is 0 Å². The van der Waals surface area contributed by atoms with Gasteiger partial charge in [-0.05, 0) is 29.8 Å². The summed E-state index contributed by atoms with van der Waals surface area (Å²) in [5, 5.41) is 0.347. The van der Waals surface area contributed by atoms with Gasteiger partial charge in [-0.15, -0.1) is 0 Å². The molecule has 0 aliphatic heterocycles. The molecule has 0 atom stereocenters. The number of nitrogens with two attached hydrogens (primary N) is 1. The molecule has 2 N–H and O–H groups in total. The minimum Gasteiger partial charge on any atom is -0.468 e. The van der Waals surface area contributed by atoms with Gasteiger partial charge in [0, 0.05) is 18.6 Å². The third-order valence-electron chi connectivity index (χ3n) is 2.91. The number of benzene rings is 1. The Balaban J connectivity index is 2.27. The number of furan rings is 1. The van der Waals surface area contributed by atoms with Gasteiger partial charge < -0.3 is 10.2 Å². The number of rotatable bonds is 5. The van der Waals surface area contributed by atoms with Gasteiger partial charge in [-0.2, -0.15) is 4.31 Å². The van der Waals surface area contributed by atoms with E-state index >= 15 is 0 Å². The number of hydrogen-bond donors (Lipinski definition) is 1. The number of hydrogen-bond acceptors (Lipinski definition) is 4. The maximum atomic E-state index is 12.4. The molecule has 0 saturated carbocycles. The highest BCUT2D eigenvalue weighted by atomic mass is 35.5. The van der Waals surface area contributed by atoms with E-state index in [1.54, 1.807) is 18.2 Å². The molecule has 7 heteroatoms. The van der Waals surface area contributed by atoms with Crippen LogP contribution < -0.4 is 5.73 Å². The van der Waals surface area contributed by atoms with E-state index in [2.05, 4.69) is 0 Å². The molecule has 108 valence electrons. The van der Waals surface area contributed by atoms with E-state index < -0.39 is 10.0 Å². The van der Waals surface area contributed by atoms with Crippen molar-refractivity contribution >= 4 is 21.6 Å². The van der Waals surface area contributed by atoms with E-state index in [9.17, 15) is 8.42 Å². The van der Waals surface area contributed by atoms with Crippen LogP contribution in [-0.4, -0.2) is 19.8 Å². The van der Waals surface area contributed by atoms with Crippen molar-refractivity contribution in [2.45, 2.75) is 18.0 Å². The fourth-order valence-corrected chi connectivity index (χ4v) is 3.23. The van der Waals surface area contributed by atoms with Crippen LogP contribution in [-0.2, 0) is 23.1 Å². The molecule has 0 amide bonds. The summed E-state index contributed by atoms with van der Waals surface area (Å²) >= 11 is 6.00. The van der Waals surface area contributed by atoms with Crippen LogP contribution in [0.2, 0.25) is 5.02 Å². The second-order valence-corrected chi connectivity index (χ2v) is 6.75. The van der Waals surface area contributed by atoms with Gasteiger partial charge in [0.2, 0.25) is 10.0 Å². The smallest absolute Gasteiger partial charge is 0.243 e. The van der Waals surface area contributed by atoms with Crippen molar-refractivity contribution in [3.8, 4) is 0 Å². The zero-order chi connectivity index (χ0) is 14.8. The summed E-state index contributed by atoms with van der Waals surface area (Å²) in [7, 11) is -2.13. The van der Waals surface area contributed by atoms with Crippen LogP contribution >= 0.6 is 11.6 Å². The number of halogens is 1. The maximum Gasteiger partial charge on any atom is 0.243 e. The maximum absolute atomic E-state index is 12.4. The van der Waals surface area contributed by atoms with Crippen molar-refractivity contribution in [3.63, 3.8) is 0 Å². The van der Waals surface area contributed by atoms with Crippen LogP contribution in [0.1, 0.15) is 11.3 Å². The SMILES string of the molecule is CN(Cc1ccco1)S(=O)(=O)c1ccc(CN)c(Cl)c1. The second-order valence-electron chi connectivity index (χ2n) is 4.30. The van der Waals surface area contributed by atoms with Crippen molar-refractivity contribution in [2.24, 2.45) is 5.73 Å². The van der Waals surface area contributed by atoms with Crippen molar-refractivity contribution in [2.75, 3.05) is 7.05 Å². The zero-order valence-electron chi connectivity index (χ0n) is 10.9.